The normalized spacial score (nSPS) is 16.4. The lowest BCUT2D eigenvalue weighted by Crippen LogP contribution is -2.39. The minimum absolute atomic E-state index is 0.0959. The predicted molar refractivity (Wildman–Crippen MR) is 139 cm³/mol. The molecule has 1 heterocycles. The lowest BCUT2D eigenvalue weighted by atomic mass is 9.99. The summed E-state index contributed by atoms with van der Waals surface area (Å²) in [6.45, 7) is 4.49. The van der Waals surface area contributed by atoms with Crippen LogP contribution in [-0.2, 0) is 6.18 Å². The Morgan fingerprint density at radius 3 is 2.59 bits per heavy atom. The summed E-state index contributed by atoms with van der Waals surface area (Å²) >= 11 is 0. The predicted octanol–water partition coefficient (Wildman–Crippen LogP) is 7.95. The van der Waals surface area contributed by atoms with Gasteiger partial charge < -0.3 is 15.0 Å². The van der Waals surface area contributed by atoms with Gasteiger partial charge in [-0.1, -0.05) is 48.5 Å². The number of ether oxygens (including phenoxy) is 1. The maximum atomic E-state index is 14.1. The van der Waals surface area contributed by atoms with Crippen LogP contribution in [0.1, 0.15) is 36.1 Å². The molecule has 1 aliphatic rings. The Kier molecular flexibility index (Phi) is 6.82. The van der Waals surface area contributed by atoms with Crippen molar-refractivity contribution in [2.24, 2.45) is 0 Å². The average molecular weight is 509 g/mol. The topological polar surface area (TPSA) is 24.5 Å². The number of alkyl halides is 3. The zero-order chi connectivity index (χ0) is 26.2. The van der Waals surface area contributed by atoms with E-state index in [9.17, 15) is 17.6 Å². The van der Waals surface area contributed by atoms with Gasteiger partial charge >= 0.3 is 6.18 Å². The molecule has 0 aliphatic carbocycles. The molecule has 1 N–H and O–H groups in total. The number of anilines is 2. The summed E-state index contributed by atoms with van der Waals surface area (Å²) in [4.78, 5) is 1.72. The van der Waals surface area contributed by atoms with Crippen LogP contribution in [0.25, 0.3) is 10.8 Å². The smallest absolute Gasteiger partial charge is 0.416 e. The van der Waals surface area contributed by atoms with E-state index in [0.717, 1.165) is 6.07 Å². The van der Waals surface area contributed by atoms with Crippen molar-refractivity contribution in [1.29, 1.82) is 0 Å². The summed E-state index contributed by atoms with van der Waals surface area (Å²) in [6.07, 6.45) is -4.14. The largest absolute Gasteiger partial charge is 0.486 e. The van der Waals surface area contributed by atoms with Crippen molar-refractivity contribution in [1.82, 2.24) is 5.32 Å². The van der Waals surface area contributed by atoms with Gasteiger partial charge in [0.15, 0.2) is 0 Å². The third kappa shape index (κ3) is 5.27. The standard InChI is InChI=1S/C30H28F4N2O/c1-19-10-12-23(17-27(19)30(32,33)34)36-18-24(37-29-13-11-22(31)16-28(29)36)14-15-35-20(2)25-9-5-7-21-6-3-4-8-26(21)25/h3-13,16-17,20,24,35H,14-15,18H2,1-2H3. The van der Waals surface area contributed by atoms with Gasteiger partial charge in [0, 0.05) is 17.8 Å². The summed E-state index contributed by atoms with van der Waals surface area (Å²) in [7, 11) is 0. The highest BCUT2D eigenvalue weighted by Gasteiger charge is 2.34. The summed E-state index contributed by atoms with van der Waals surface area (Å²) in [5, 5.41) is 5.93. The molecule has 4 aromatic rings. The highest BCUT2D eigenvalue weighted by molar-refractivity contribution is 5.86. The van der Waals surface area contributed by atoms with Gasteiger partial charge in [0.25, 0.3) is 0 Å². The molecule has 0 fully saturated rings. The van der Waals surface area contributed by atoms with Crippen LogP contribution in [0.2, 0.25) is 0 Å². The molecule has 37 heavy (non-hydrogen) atoms. The van der Waals surface area contributed by atoms with E-state index in [0.29, 0.717) is 36.6 Å². The number of halogens is 4. The van der Waals surface area contributed by atoms with Gasteiger partial charge in [-0.15, -0.1) is 0 Å². The SMILES string of the molecule is Cc1ccc(N2CC(CCNC(C)c3cccc4ccccc34)Oc3ccc(F)cc32)cc1C(F)(F)F. The Hall–Kier alpha value is -3.58. The zero-order valence-corrected chi connectivity index (χ0v) is 20.6. The first kappa shape index (κ1) is 25.1. The van der Waals surface area contributed by atoms with E-state index >= 15 is 0 Å². The fourth-order valence-electron chi connectivity index (χ4n) is 5.00. The number of nitrogens with one attached hydrogen (secondary N) is 1. The first-order valence-corrected chi connectivity index (χ1v) is 12.3. The van der Waals surface area contributed by atoms with E-state index in [-0.39, 0.29) is 17.7 Å². The molecule has 0 radical (unpaired) electrons. The van der Waals surface area contributed by atoms with Crippen LogP contribution in [0.5, 0.6) is 5.75 Å². The lowest BCUT2D eigenvalue weighted by molar-refractivity contribution is -0.138. The molecule has 0 amide bonds. The van der Waals surface area contributed by atoms with E-state index in [1.807, 2.05) is 18.2 Å². The molecule has 0 bridgehead atoms. The molecule has 0 saturated carbocycles. The first-order valence-electron chi connectivity index (χ1n) is 12.3. The van der Waals surface area contributed by atoms with Gasteiger partial charge in [0.1, 0.15) is 17.7 Å². The number of hydrogen-bond acceptors (Lipinski definition) is 3. The number of hydrogen-bond donors (Lipinski definition) is 1. The van der Waals surface area contributed by atoms with Crippen molar-refractivity contribution in [3.05, 3.63) is 101 Å². The zero-order valence-electron chi connectivity index (χ0n) is 20.6. The maximum Gasteiger partial charge on any atom is 0.416 e. The Labute approximate surface area is 213 Å². The van der Waals surface area contributed by atoms with Crippen LogP contribution in [0.3, 0.4) is 0 Å². The highest BCUT2D eigenvalue weighted by Crippen LogP contribution is 2.41. The molecule has 3 nitrogen and oxygen atoms in total. The van der Waals surface area contributed by atoms with Crippen molar-refractivity contribution >= 4 is 22.1 Å². The molecule has 192 valence electrons. The van der Waals surface area contributed by atoms with Gasteiger partial charge in [-0.25, -0.2) is 4.39 Å². The van der Waals surface area contributed by atoms with Gasteiger partial charge in [0.05, 0.1) is 17.8 Å². The van der Waals surface area contributed by atoms with E-state index in [2.05, 4.69) is 36.5 Å². The Morgan fingerprint density at radius 1 is 1.00 bits per heavy atom. The summed E-state index contributed by atoms with van der Waals surface area (Å²) in [6, 6.07) is 23.0. The molecular weight excluding hydrogens is 480 g/mol. The van der Waals surface area contributed by atoms with E-state index < -0.39 is 17.6 Å². The number of rotatable bonds is 6. The third-order valence-corrected chi connectivity index (χ3v) is 6.94. The van der Waals surface area contributed by atoms with Crippen LogP contribution in [0.15, 0.2) is 78.9 Å². The summed E-state index contributed by atoms with van der Waals surface area (Å²) < 4.78 is 61.1. The molecule has 0 spiro atoms. The van der Waals surface area contributed by atoms with Crippen LogP contribution in [-0.4, -0.2) is 19.2 Å². The van der Waals surface area contributed by atoms with Gasteiger partial charge in [-0.3, -0.25) is 0 Å². The van der Waals surface area contributed by atoms with Crippen molar-refractivity contribution < 1.29 is 22.3 Å². The van der Waals surface area contributed by atoms with Crippen molar-refractivity contribution in [2.75, 3.05) is 18.0 Å². The van der Waals surface area contributed by atoms with Crippen LogP contribution in [0, 0.1) is 12.7 Å². The second kappa shape index (κ2) is 10.1. The Morgan fingerprint density at radius 2 is 1.78 bits per heavy atom. The molecular formula is C30H28F4N2O. The molecule has 5 rings (SSSR count). The van der Waals surface area contributed by atoms with Crippen LogP contribution in [0.4, 0.5) is 28.9 Å². The quantitative estimate of drug-likeness (QED) is 0.268. The van der Waals surface area contributed by atoms with E-state index in [1.54, 1.807) is 11.0 Å². The van der Waals surface area contributed by atoms with Crippen LogP contribution < -0.4 is 15.0 Å². The number of aryl methyl sites for hydroxylation is 1. The van der Waals surface area contributed by atoms with E-state index in [1.165, 1.54) is 47.5 Å². The van der Waals surface area contributed by atoms with Crippen molar-refractivity contribution in [3.63, 3.8) is 0 Å². The third-order valence-electron chi connectivity index (χ3n) is 6.94. The Bertz CT molecular complexity index is 1410. The molecule has 0 saturated heterocycles. The van der Waals surface area contributed by atoms with Crippen molar-refractivity contribution in [2.45, 2.75) is 38.6 Å². The molecule has 1 aliphatic heterocycles. The van der Waals surface area contributed by atoms with E-state index in [4.69, 9.17) is 4.74 Å². The number of benzene rings is 4. The van der Waals surface area contributed by atoms with Gasteiger partial charge in [-0.05, 0) is 73.0 Å². The summed E-state index contributed by atoms with van der Waals surface area (Å²) in [5.74, 6) is -0.0200. The van der Waals surface area contributed by atoms with Crippen molar-refractivity contribution in [3.8, 4) is 5.75 Å². The molecule has 2 atom stereocenters. The second-order valence-electron chi connectivity index (χ2n) is 9.49. The van der Waals surface area contributed by atoms with Gasteiger partial charge in [-0.2, -0.15) is 13.2 Å². The fraction of sp³-hybridized carbons (Fsp3) is 0.267. The molecule has 0 aromatic heterocycles. The monoisotopic (exact) mass is 508 g/mol. The number of nitrogens with zero attached hydrogens (tertiary/aromatic N) is 1. The van der Waals surface area contributed by atoms with Gasteiger partial charge in [0.2, 0.25) is 0 Å². The first-order chi connectivity index (χ1) is 17.7. The maximum absolute atomic E-state index is 14.1. The lowest BCUT2D eigenvalue weighted by Gasteiger charge is -2.37. The number of fused-ring (bicyclic) bond motifs is 2. The average Bonchev–Trinajstić information content (AvgIpc) is 2.87. The molecule has 7 heteroatoms. The molecule has 2 unspecified atom stereocenters. The minimum Gasteiger partial charge on any atom is -0.486 e. The van der Waals surface area contributed by atoms with Crippen LogP contribution >= 0.6 is 0 Å². The molecule has 4 aromatic carbocycles. The summed E-state index contributed by atoms with van der Waals surface area (Å²) in [5.41, 5.74) is 1.42. The minimum atomic E-state index is -4.47. The highest BCUT2D eigenvalue weighted by atomic mass is 19.4. The second-order valence-corrected chi connectivity index (χ2v) is 9.49. The Balaban J connectivity index is 1.34. The fourth-order valence-corrected chi connectivity index (χ4v) is 5.00.